The maximum Gasteiger partial charge on any atom is 2.00 e. The first-order chi connectivity index (χ1) is 9.86. The fourth-order valence-electron chi connectivity index (χ4n) is 3.69. The van der Waals surface area contributed by atoms with Gasteiger partial charge in [0.2, 0.25) is 0 Å². The molecule has 0 spiro atoms. The molecular weight excluding hydrogens is 320 g/mol. The van der Waals surface area contributed by atoms with E-state index < -0.39 is 0 Å². The van der Waals surface area contributed by atoms with Gasteiger partial charge in [0.05, 0.1) is 0 Å². The first-order valence-electron chi connectivity index (χ1n) is 8.90. The Bertz CT molecular complexity index is 329. The van der Waals surface area contributed by atoms with E-state index in [1.807, 2.05) is 0 Å². The fourth-order valence-corrected chi connectivity index (χ4v) is 3.69. The molecule has 134 valence electrons. The van der Waals surface area contributed by atoms with Gasteiger partial charge in [0.1, 0.15) is 0 Å². The zero-order chi connectivity index (χ0) is 14.0. The van der Waals surface area contributed by atoms with E-state index >= 15 is 0 Å². The molecule has 1 aromatic rings. The molecule has 23 heavy (non-hydrogen) atoms. The molecule has 0 N–H and O–H groups in total. The minimum atomic E-state index is 0. The molecule has 0 amide bonds. The van der Waals surface area contributed by atoms with Crippen LogP contribution in [0.15, 0.2) is 30.3 Å². The second-order valence-electron chi connectivity index (χ2n) is 6.81. The van der Waals surface area contributed by atoms with Crippen molar-refractivity contribution in [3.05, 3.63) is 50.7 Å². The first-order valence-corrected chi connectivity index (χ1v) is 8.90. The largest absolute Gasteiger partial charge is 2.00 e. The molecule has 0 aliphatic heterocycles. The van der Waals surface area contributed by atoms with Crippen LogP contribution in [0.25, 0.3) is 0 Å². The van der Waals surface area contributed by atoms with E-state index in [0.29, 0.717) is 0 Å². The second kappa shape index (κ2) is 15.3. The predicted octanol–water partition coefficient (Wildman–Crippen LogP) is 7.29. The van der Waals surface area contributed by atoms with Gasteiger partial charge in [-0.15, -0.1) is 0 Å². The van der Waals surface area contributed by atoms with Gasteiger partial charge < -0.3 is 14.9 Å². The van der Waals surface area contributed by atoms with Gasteiger partial charge in [0.15, 0.2) is 0 Å². The molecule has 2 fully saturated rings. The summed E-state index contributed by atoms with van der Waals surface area (Å²) in [4.78, 5) is 0. The van der Waals surface area contributed by atoms with Crippen molar-refractivity contribution in [3.63, 3.8) is 0 Å². The van der Waals surface area contributed by atoms with E-state index in [-0.39, 0.29) is 31.9 Å². The quantitative estimate of drug-likeness (QED) is 0.391. The van der Waals surface area contributed by atoms with Crippen molar-refractivity contribution in [1.82, 2.24) is 0 Å². The summed E-state index contributed by atoms with van der Waals surface area (Å²) in [6, 6.07) is 10.9. The minimum Gasteiger partial charge on any atom is -0.358 e. The maximum absolute atomic E-state index is 2.44. The van der Waals surface area contributed by atoms with E-state index in [9.17, 15) is 0 Å². The van der Waals surface area contributed by atoms with Crippen LogP contribution in [-0.2, 0) is 23.5 Å². The van der Waals surface area contributed by atoms with Crippen molar-refractivity contribution >= 4 is 0 Å². The van der Waals surface area contributed by atoms with Crippen LogP contribution in [0.4, 0.5) is 0 Å². The van der Waals surface area contributed by atoms with E-state index in [0.717, 1.165) is 11.8 Å². The van der Waals surface area contributed by atoms with Crippen LogP contribution in [-0.4, -0.2) is 0 Å². The van der Waals surface area contributed by atoms with Crippen LogP contribution in [0.1, 0.15) is 76.7 Å². The number of benzene rings is 1. The standard InChI is InChI=1S/C15H22.C5H10.2CH3.Fe/c1-13(15-9-5-6-10-15)11-12-14-7-3-2-4-8-14;1-2-4-5-3-1;;;/h2-4,7-8,13,15H,5-6,9-12H2,1H3;1-5H2;2*1H3;/q;;2*-1;+2. The Balaban J connectivity index is 0. The molecule has 3 rings (SSSR count). The van der Waals surface area contributed by atoms with E-state index in [4.69, 9.17) is 0 Å². The zero-order valence-corrected chi connectivity index (χ0v) is 16.8. The van der Waals surface area contributed by atoms with Crippen LogP contribution in [0.5, 0.6) is 0 Å². The number of aryl methyl sites for hydroxylation is 1. The molecule has 0 heterocycles. The molecular formula is C22H38Fe. The molecule has 1 heteroatoms. The van der Waals surface area contributed by atoms with Gasteiger partial charge in [-0.05, 0) is 30.2 Å². The summed E-state index contributed by atoms with van der Waals surface area (Å²) in [6.07, 6.45) is 16.0. The Morgan fingerprint density at radius 3 is 1.78 bits per heavy atom. The molecule has 1 aromatic carbocycles. The molecule has 1 atom stereocenters. The summed E-state index contributed by atoms with van der Waals surface area (Å²) in [6.45, 7) is 2.44. The summed E-state index contributed by atoms with van der Waals surface area (Å²) in [5, 5.41) is 0. The molecule has 0 radical (unpaired) electrons. The van der Waals surface area contributed by atoms with E-state index in [1.54, 1.807) is 0 Å². The van der Waals surface area contributed by atoms with Gasteiger partial charge in [-0.25, -0.2) is 0 Å². The van der Waals surface area contributed by atoms with Crippen LogP contribution >= 0.6 is 0 Å². The normalized spacial score (nSPS) is 17.8. The number of rotatable bonds is 4. The van der Waals surface area contributed by atoms with Crippen LogP contribution in [0.2, 0.25) is 0 Å². The third-order valence-electron chi connectivity index (χ3n) is 5.19. The van der Waals surface area contributed by atoms with Crippen molar-refractivity contribution in [2.45, 2.75) is 77.6 Å². The zero-order valence-electron chi connectivity index (χ0n) is 15.7. The third kappa shape index (κ3) is 10.3. The van der Waals surface area contributed by atoms with Crippen molar-refractivity contribution in [2.75, 3.05) is 0 Å². The molecule has 0 aromatic heterocycles. The third-order valence-corrected chi connectivity index (χ3v) is 5.19. The first kappa shape index (κ1) is 25.0. The average Bonchev–Trinajstić information content (AvgIpc) is 3.20. The summed E-state index contributed by atoms with van der Waals surface area (Å²) in [5.74, 6) is 1.95. The van der Waals surface area contributed by atoms with Crippen molar-refractivity contribution < 1.29 is 17.1 Å². The van der Waals surface area contributed by atoms with Gasteiger partial charge in [-0.3, -0.25) is 0 Å². The number of hydrogen-bond acceptors (Lipinski definition) is 0. The predicted molar refractivity (Wildman–Crippen MR) is 102 cm³/mol. The monoisotopic (exact) mass is 358 g/mol. The summed E-state index contributed by atoms with van der Waals surface area (Å²) in [7, 11) is 0. The van der Waals surface area contributed by atoms with Crippen LogP contribution < -0.4 is 0 Å². The molecule has 2 aliphatic rings. The van der Waals surface area contributed by atoms with E-state index in [1.165, 1.54) is 76.2 Å². The Hall–Kier alpha value is -0.261. The van der Waals surface area contributed by atoms with Gasteiger partial charge in [0, 0.05) is 0 Å². The van der Waals surface area contributed by atoms with Crippen molar-refractivity contribution in [3.8, 4) is 0 Å². The number of hydrogen-bond donors (Lipinski definition) is 0. The van der Waals surface area contributed by atoms with Crippen LogP contribution in [0.3, 0.4) is 0 Å². The minimum absolute atomic E-state index is 0. The van der Waals surface area contributed by atoms with Gasteiger partial charge in [-0.2, -0.15) is 0 Å². The van der Waals surface area contributed by atoms with Crippen LogP contribution in [0, 0.1) is 26.7 Å². The second-order valence-corrected chi connectivity index (χ2v) is 6.81. The summed E-state index contributed by atoms with van der Waals surface area (Å²) >= 11 is 0. The maximum atomic E-state index is 2.44. The smallest absolute Gasteiger partial charge is 0.358 e. The SMILES string of the molecule is C1CCCC1.CC(CCc1ccccc1)C1CCCC1.[CH3-].[CH3-].[Fe+2]. The Kier molecular flexibility index (Phi) is 16.6. The average molecular weight is 358 g/mol. The molecule has 0 bridgehead atoms. The summed E-state index contributed by atoms with van der Waals surface area (Å²) in [5.41, 5.74) is 1.50. The van der Waals surface area contributed by atoms with Gasteiger partial charge in [0.25, 0.3) is 0 Å². The van der Waals surface area contributed by atoms with Crippen molar-refractivity contribution in [2.24, 2.45) is 11.8 Å². The topological polar surface area (TPSA) is 0 Å². The van der Waals surface area contributed by atoms with Crippen molar-refractivity contribution in [1.29, 1.82) is 0 Å². The Morgan fingerprint density at radius 2 is 1.30 bits per heavy atom. The Morgan fingerprint density at radius 1 is 0.826 bits per heavy atom. The van der Waals surface area contributed by atoms with Gasteiger partial charge >= 0.3 is 17.1 Å². The molecule has 2 aliphatic carbocycles. The molecule has 2 saturated carbocycles. The molecule has 0 nitrogen and oxygen atoms in total. The summed E-state index contributed by atoms with van der Waals surface area (Å²) < 4.78 is 0. The molecule has 0 saturated heterocycles. The van der Waals surface area contributed by atoms with E-state index in [2.05, 4.69) is 37.3 Å². The van der Waals surface area contributed by atoms with Gasteiger partial charge in [-0.1, -0.05) is 95.0 Å². The fraction of sp³-hybridized carbons (Fsp3) is 0.636. The Labute approximate surface area is 157 Å². The molecule has 1 unspecified atom stereocenters.